The molecule has 1 N–H and O–H groups in total. The summed E-state index contributed by atoms with van der Waals surface area (Å²) in [6, 6.07) is 10.3. The van der Waals surface area contributed by atoms with E-state index < -0.39 is 9.76 Å². The van der Waals surface area contributed by atoms with Crippen molar-refractivity contribution in [1.29, 1.82) is 0 Å². The normalized spacial score (nSPS) is 13.4. The Bertz CT molecular complexity index is 228. The number of benzene rings is 1. The maximum atomic E-state index is 5.24. The summed E-state index contributed by atoms with van der Waals surface area (Å²) in [6.45, 7) is 2.19. The van der Waals surface area contributed by atoms with Gasteiger partial charge in [-0.25, -0.2) is 0 Å². The van der Waals surface area contributed by atoms with Gasteiger partial charge in [0.2, 0.25) is 0 Å². The molecule has 0 saturated heterocycles. The number of para-hydroxylation sites is 1. The van der Waals surface area contributed by atoms with Crippen LogP contribution in [0.5, 0.6) is 0 Å². The molecular formula is C10H17NOSi. The third kappa shape index (κ3) is 3.61. The highest BCUT2D eigenvalue weighted by Gasteiger charge is 2.05. The third-order valence-electron chi connectivity index (χ3n) is 2.01. The second kappa shape index (κ2) is 5.78. The van der Waals surface area contributed by atoms with Crippen LogP contribution < -0.4 is 5.32 Å². The van der Waals surface area contributed by atoms with Crippen molar-refractivity contribution < 1.29 is 4.43 Å². The van der Waals surface area contributed by atoms with E-state index in [1.54, 1.807) is 7.11 Å². The number of nitrogens with one attached hydrogen (secondary N) is 1. The maximum Gasteiger partial charge on any atom is 0.182 e. The molecule has 1 aromatic carbocycles. The van der Waals surface area contributed by atoms with Crippen molar-refractivity contribution in [2.75, 3.05) is 12.4 Å². The number of hydrogen-bond donors (Lipinski definition) is 1. The van der Waals surface area contributed by atoms with E-state index in [0.29, 0.717) is 5.67 Å². The smallest absolute Gasteiger partial charge is 0.182 e. The fourth-order valence-electron chi connectivity index (χ4n) is 1.23. The average molecular weight is 195 g/mol. The molecule has 0 spiro atoms. The van der Waals surface area contributed by atoms with Crippen molar-refractivity contribution >= 4 is 15.5 Å². The molecule has 2 nitrogen and oxygen atoms in total. The van der Waals surface area contributed by atoms with Gasteiger partial charge in [-0.3, -0.25) is 0 Å². The molecule has 72 valence electrons. The number of hydrogen-bond acceptors (Lipinski definition) is 2. The molecule has 1 rings (SSSR count). The Hall–Kier alpha value is -0.803. The van der Waals surface area contributed by atoms with Crippen molar-refractivity contribution in [2.45, 2.75) is 19.0 Å². The van der Waals surface area contributed by atoms with Crippen LogP contribution in [0, 0.1) is 0 Å². The van der Waals surface area contributed by atoms with Gasteiger partial charge < -0.3 is 9.74 Å². The minimum absolute atomic E-state index is 0.419. The van der Waals surface area contributed by atoms with Crippen LogP contribution in [0.4, 0.5) is 5.69 Å². The second-order valence-corrected chi connectivity index (χ2v) is 4.97. The van der Waals surface area contributed by atoms with Crippen molar-refractivity contribution in [2.24, 2.45) is 0 Å². The van der Waals surface area contributed by atoms with Gasteiger partial charge in [0, 0.05) is 18.5 Å². The first kappa shape index (κ1) is 10.3. The first-order valence-electron chi connectivity index (χ1n) is 4.67. The first-order chi connectivity index (χ1) is 6.36. The van der Waals surface area contributed by atoms with E-state index in [-0.39, 0.29) is 0 Å². The van der Waals surface area contributed by atoms with Crippen LogP contribution in [-0.2, 0) is 4.43 Å². The van der Waals surface area contributed by atoms with Gasteiger partial charge in [0.25, 0.3) is 0 Å². The SMILES string of the molecule is CCC(Nc1ccccc1)[SiH2]OC. The standard InChI is InChI=1S/C10H17NOSi/c1-3-10(13-12-2)11-9-7-5-4-6-8-9/h4-8,10-11H,3,13H2,1-2H3. The Morgan fingerprint density at radius 3 is 2.62 bits per heavy atom. The molecule has 1 atom stereocenters. The number of rotatable bonds is 5. The largest absolute Gasteiger partial charge is 0.425 e. The predicted octanol–water partition coefficient (Wildman–Crippen LogP) is 1.56. The molecule has 0 fully saturated rings. The lowest BCUT2D eigenvalue weighted by molar-refractivity contribution is 0.432. The molecule has 0 aromatic heterocycles. The Balaban J connectivity index is 2.46. The van der Waals surface area contributed by atoms with Gasteiger partial charge in [0.1, 0.15) is 0 Å². The van der Waals surface area contributed by atoms with Crippen LogP contribution in [0.25, 0.3) is 0 Å². The van der Waals surface area contributed by atoms with Crippen molar-refractivity contribution in [1.82, 2.24) is 0 Å². The van der Waals surface area contributed by atoms with E-state index in [0.717, 1.165) is 6.42 Å². The molecule has 1 aromatic rings. The molecule has 1 unspecified atom stereocenters. The first-order valence-corrected chi connectivity index (χ1v) is 6.06. The summed E-state index contributed by atoms with van der Waals surface area (Å²) in [5.41, 5.74) is 1.74. The topological polar surface area (TPSA) is 21.3 Å². The van der Waals surface area contributed by atoms with Crippen LogP contribution in [0.2, 0.25) is 0 Å². The van der Waals surface area contributed by atoms with Crippen LogP contribution in [0.15, 0.2) is 30.3 Å². The van der Waals surface area contributed by atoms with Crippen LogP contribution >= 0.6 is 0 Å². The zero-order valence-electron chi connectivity index (χ0n) is 8.29. The third-order valence-corrected chi connectivity index (χ3v) is 3.52. The van der Waals surface area contributed by atoms with E-state index in [2.05, 4.69) is 24.4 Å². The maximum absolute atomic E-state index is 5.24. The van der Waals surface area contributed by atoms with Crippen LogP contribution in [-0.4, -0.2) is 22.5 Å². The highest BCUT2D eigenvalue weighted by atomic mass is 28.2. The summed E-state index contributed by atoms with van der Waals surface area (Å²) in [7, 11) is 1.37. The van der Waals surface area contributed by atoms with Crippen molar-refractivity contribution in [3.05, 3.63) is 30.3 Å². The van der Waals surface area contributed by atoms with E-state index in [1.165, 1.54) is 5.69 Å². The Labute approximate surface area is 82.3 Å². The number of anilines is 1. The van der Waals surface area contributed by atoms with Crippen molar-refractivity contribution in [3.8, 4) is 0 Å². The Kier molecular flexibility index (Phi) is 4.57. The molecule has 0 aliphatic rings. The second-order valence-electron chi connectivity index (χ2n) is 3.07. The molecular weight excluding hydrogens is 178 g/mol. The summed E-state index contributed by atoms with van der Waals surface area (Å²) >= 11 is 0. The summed E-state index contributed by atoms with van der Waals surface area (Å²) in [6.07, 6.45) is 1.13. The zero-order valence-corrected chi connectivity index (χ0v) is 9.70. The molecule has 0 aliphatic carbocycles. The fraction of sp³-hybridized carbons (Fsp3) is 0.400. The Morgan fingerprint density at radius 1 is 1.38 bits per heavy atom. The van der Waals surface area contributed by atoms with Gasteiger partial charge in [0.05, 0.1) is 0 Å². The summed E-state index contributed by atoms with van der Waals surface area (Å²) in [5.74, 6) is 0. The van der Waals surface area contributed by atoms with Crippen molar-refractivity contribution in [3.63, 3.8) is 0 Å². The molecule has 13 heavy (non-hydrogen) atoms. The van der Waals surface area contributed by atoms with E-state index >= 15 is 0 Å². The lowest BCUT2D eigenvalue weighted by Gasteiger charge is -2.16. The van der Waals surface area contributed by atoms with Gasteiger partial charge in [0.15, 0.2) is 9.76 Å². The van der Waals surface area contributed by atoms with Gasteiger partial charge in [-0.15, -0.1) is 0 Å². The zero-order chi connectivity index (χ0) is 9.52. The van der Waals surface area contributed by atoms with Gasteiger partial charge in [-0.1, -0.05) is 25.1 Å². The summed E-state index contributed by atoms with van der Waals surface area (Å²) in [5, 5.41) is 3.47. The minimum Gasteiger partial charge on any atom is -0.425 e. The van der Waals surface area contributed by atoms with Gasteiger partial charge in [-0.2, -0.15) is 0 Å². The highest BCUT2D eigenvalue weighted by molar-refractivity contribution is 6.30. The fourth-order valence-corrected chi connectivity index (χ4v) is 2.19. The lowest BCUT2D eigenvalue weighted by Crippen LogP contribution is -2.26. The van der Waals surface area contributed by atoms with E-state index in [4.69, 9.17) is 4.43 Å². The molecule has 0 amide bonds. The van der Waals surface area contributed by atoms with Gasteiger partial charge >= 0.3 is 0 Å². The summed E-state index contributed by atoms with van der Waals surface area (Å²) < 4.78 is 5.24. The molecule has 0 radical (unpaired) electrons. The molecule has 0 saturated carbocycles. The molecule has 0 aliphatic heterocycles. The van der Waals surface area contributed by atoms with Gasteiger partial charge in [-0.05, 0) is 18.6 Å². The predicted molar refractivity (Wildman–Crippen MR) is 59.7 cm³/mol. The Morgan fingerprint density at radius 2 is 2.08 bits per heavy atom. The quantitative estimate of drug-likeness (QED) is 0.720. The van der Waals surface area contributed by atoms with Crippen LogP contribution in [0.3, 0.4) is 0 Å². The highest BCUT2D eigenvalue weighted by Crippen LogP contribution is 2.07. The van der Waals surface area contributed by atoms with E-state index in [1.807, 2.05) is 18.2 Å². The molecule has 0 heterocycles. The molecule has 3 heteroatoms. The monoisotopic (exact) mass is 195 g/mol. The average Bonchev–Trinajstić information content (AvgIpc) is 2.19. The molecule has 0 bridgehead atoms. The summed E-state index contributed by atoms with van der Waals surface area (Å²) in [4.78, 5) is 0. The van der Waals surface area contributed by atoms with E-state index in [9.17, 15) is 0 Å². The lowest BCUT2D eigenvalue weighted by atomic mass is 10.3. The minimum atomic E-state index is -0.419. The van der Waals surface area contributed by atoms with Crippen LogP contribution in [0.1, 0.15) is 13.3 Å².